The average molecular weight is 413 g/mol. The van der Waals surface area contributed by atoms with E-state index in [1.807, 2.05) is 0 Å². The molecule has 5 rings (SSSR count). The Morgan fingerprint density at radius 1 is 0.769 bits per heavy atom. The Bertz CT molecular complexity index is 1040. The molecule has 0 N–H and O–H groups in total. The number of hydrogen-bond donors (Lipinski definition) is 0. The van der Waals surface area contributed by atoms with Crippen molar-refractivity contribution in [1.82, 2.24) is 0 Å². The molecule has 0 aromatic heterocycles. The summed E-state index contributed by atoms with van der Waals surface area (Å²) >= 11 is 13.1. The molecule has 3 aliphatic rings. The van der Waals surface area contributed by atoms with E-state index in [-0.39, 0.29) is 0 Å². The van der Waals surface area contributed by atoms with Gasteiger partial charge in [-0.3, -0.25) is 0 Å². The fraction of sp³-hybridized carbons (Fsp3) is 0.273. The number of allylic oxidation sites excluding steroid dienone is 3. The number of rotatable bonds is 2. The molecule has 6 atom stereocenters. The second kappa shape index (κ2) is 5.86. The number of fused-ring (bicyclic) bond motifs is 5. The van der Waals surface area contributed by atoms with Crippen LogP contribution in [0.1, 0.15) is 13.8 Å². The van der Waals surface area contributed by atoms with E-state index in [0.717, 1.165) is 0 Å². The van der Waals surface area contributed by atoms with Crippen molar-refractivity contribution in [2.45, 2.75) is 30.8 Å². The molecule has 0 radical (unpaired) electrons. The van der Waals surface area contributed by atoms with Crippen molar-refractivity contribution in [3.63, 3.8) is 0 Å². The van der Waals surface area contributed by atoms with Gasteiger partial charge in [-0.15, -0.1) is 0 Å². The average Bonchev–Trinajstić information content (AvgIpc) is 3.19. The Morgan fingerprint density at radius 3 is 1.96 bits per heavy atom. The number of hydrogen-bond acceptors (Lipinski definition) is 2. The highest BCUT2D eigenvalue weighted by molar-refractivity contribution is 8.22. The van der Waals surface area contributed by atoms with E-state index >= 15 is 0 Å². The first kappa shape index (κ1) is 17.3. The van der Waals surface area contributed by atoms with Gasteiger partial charge in [0, 0.05) is 28.9 Å². The molecule has 26 heavy (non-hydrogen) atoms. The largest absolute Gasteiger partial charge is 0.0913 e. The molecule has 0 nitrogen and oxygen atoms in total. The minimum Gasteiger partial charge on any atom is -0.0913 e. The Balaban J connectivity index is 1.72. The van der Waals surface area contributed by atoms with Crippen LogP contribution in [0, 0.1) is 5.92 Å². The summed E-state index contributed by atoms with van der Waals surface area (Å²) in [6.45, 7) is 4.62. The lowest BCUT2D eigenvalue weighted by atomic mass is 9.85. The van der Waals surface area contributed by atoms with Crippen LogP contribution in [-0.4, -0.2) is 17.0 Å². The van der Waals surface area contributed by atoms with Gasteiger partial charge in [0.05, 0.1) is 0 Å². The maximum atomic E-state index is 6.58. The van der Waals surface area contributed by atoms with E-state index in [9.17, 15) is 0 Å². The van der Waals surface area contributed by atoms with Crippen molar-refractivity contribution in [2.75, 3.05) is 0 Å². The Kier molecular flexibility index (Phi) is 3.90. The second-order valence-electron chi connectivity index (χ2n) is 7.83. The molecule has 0 amide bonds. The first-order valence-electron chi connectivity index (χ1n) is 9.15. The van der Waals surface area contributed by atoms with E-state index in [0.29, 0.717) is 22.9 Å². The Morgan fingerprint density at radius 2 is 1.35 bits per heavy atom. The van der Waals surface area contributed by atoms with Crippen LogP contribution in [0.2, 0.25) is 0 Å². The predicted molar refractivity (Wildman–Crippen MR) is 123 cm³/mol. The zero-order chi connectivity index (χ0) is 18.1. The van der Waals surface area contributed by atoms with Crippen LogP contribution in [0.3, 0.4) is 0 Å². The third kappa shape index (κ3) is 2.08. The zero-order valence-electron chi connectivity index (χ0n) is 14.9. The van der Waals surface area contributed by atoms with Crippen LogP contribution >= 0.6 is 12.1 Å². The van der Waals surface area contributed by atoms with Gasteiger partial charge < -0.3 is 0 Å². The van der Waals surface area contributed by atoms with Gasteiger partial charge in [-0.25, -0.2) is 0 Å². The Labute approximate surface area is 166 Å². The van der Waals surface area contributed by atoms with Gasteiger partial charge in [0.15, 0.2) is 0 Å². The molecular formula is C22H22P2S2. The quantitative estimate of drug-likeness (QED) is 0.491. The van der Waals surface area contributed by atoms with Crippen LogP contribution in [0.15, 0.2) is 83.7 Å². The lowest BCUT2D eigenvalue weighted by molar-refractivity contribution is 0.611. The molecule has 0 aliphatic carbocycles. The highest BCUT2D eigenvalue weighted by Crippen LogP contribution is 2.81. The maximum Gasteiger partial charge on any atom is 0.0204 e. The van der Waals surface area contributed by atoms with Gasteiger partial charge >= 0.3 is 0 Å². The van der Waals surface area contributed by atoms with Gasteiger partial charge in [-0.05, 0) is 36.3 Å². The van der Waals surface area contributed by atoms with Crippen LogP contribution in [0.25, 0.3) is 0 Å². The summed E-state index contributed by atoms with van der Waals surface area (Å²) in [4.78, 5) is 0. The van der Waals surface area contributed by atoms with Crippen molar-refractivity contribution >= 4 is 46.3 Å². The van der Waals surface area contributed by atoms with Gasteiger partial charge in [0.2, 0.25) is 0 Å². The van der Waals surface area contributed by atoms with Crippen LogP contribution in [-0.2, 0) is 23.6 Å². The molecule has 4 heteroatoms. The fourth-order valence-corrected chi connectivity index (χ4v) is 18.9. The third-order valence-corrected chi connectivity index (χ3v) is 17.9. The van der Waals surface area contributed by atoms with Crippen molar-refractivity contribution in [3.8, 4) is 0 Å². The Hall–Kier alpha value is -0.780. The van der Waals surface area contributed by atoms with E-state index in [2.05, 4.69) is 86.4 Å². The van der Waals surface area contributed by atoms with E-state index in [1.54, 1.807) is 0 Å². The van der Waals surface area contributed by atoms with Gasteiger partial charge in [-0.1, -0.05) is 101 Å². The summed E-state index contributed by atoms with van der Waals surface area (Å²) in [5.41, 5.74) is 4.54. The molecule has 2 aromatic rings. The van der Waals surface area contributed by atoms with Crippen LogP contribution in [0.5, 0.6) is 0 Å². The standard InChI is InChI=1S/C22H22P2S2/c1-15-13-19-22-20(21(15)24(19,26)18-11-7-4-8-12-18)16(2)14-23(22,25)17-9-5-3-6-10-17/h3-14,19-22H,1-2H3/t19-,20-,21+,22+,23?,24?/m0/s1. The van der Waals surface area contributed by atoms with E-state index in [1.165, 1.54) is 21.8 Å². The molecule has 0 saturated carbocycles. The summed E-state index contributed by atoms with van der Waals surface area (Å²) in [7, 11) is 0. The van der Waals surface area contributed by atoms with Crippen molar-refractivity contribution in [1.29, 1.82) is 0 Å². The minimum atomic E-state index is -1.76. The lowest BCUT2D eigenvalue weighted by Crippen LogP contribution is -2.30. The normalized spacial score (nSPS) is 40.2. The highest BCUT2D eigenvalue weighted by atomic mass is 32.4. The van der Waals surface area contributed by atoms with Gasteiger partial charge in [-0.2, -0.15) is 0 Å². The molecule has 0 spiro atoms. The molecule has 3 aliphatic heterocycles. The SMILES string of the molecule is CC1=CP(=S)(c2ccccc2)[C@H]2[C@@H]1[C@H]1C(C)=C[C@@H]2P1(=S)c1ccccc1. The lowest BCUT2D eigenvalue weighted by Gasteiger charge is -2.31. The molecule has 3 heterocycles. The zero-order valence-corrected chi connectivity index (χ0v) is 18.4. The van der Waals surface area contributed by atoms with Gasteiger partial charge in [0.1, 0.15) is 0 Å². The number of benzene rings is 2. The second-order valence-corrected chi connectivity index (χ2v) is 17.3. The topological polar surface area (TPSA) is 0 Å². The highest BCUT2D eigenvalue weighted by Gasteiger charge is 2.64. The summed E-state index contributed by atoms with van der Waals surface area (Å²) in [6, 6.07) is 18.4. The molecule has 2 bridgehead atoms. The van der Waals surface area contributed by atoms with E-state index < -0.39 is 12.1 Å². The fourth-order valence-electron chi connectivity index (χ4n) is 5.57. The summed E-state index contributed by atoms with van der Waals surface area (Å²) in [5, 5.41) is 2.78. The smallest absolute Gasteiger partial charge is 0.0204 e. The summed E-state index contributed by atoms with van der Waals surface area (Å²) in [6.07, 6.45) is 2.52. The van der Waals surface area contributed by atoms with Crippen molar-refractivity contribution < 1.29 is 0 Å². The summed E-state index contributed by atoms with van der Waals surface area (Å²) in [5.74, 6) is 3.05. The first-order chi connectivity index (χ1) is 12.5. The maximum absolute atomic E-state index is 6.58. The van der Waals surface area contributed by atoms with Crippen molar-refractivity contribution in [3.05, 3.63) is 83.7 Å². The molecule has 1 saturated heterocycles. The van der Waals surface area contributed by atoms with Crippen LogP contribution in [0.4, 0.5) is 0 Å². The first-order valence-corrected chi connectivity index (χ1v) is 15.0. The molecule has 2 unspecified atom stereocenters. The van der Waals surface area contributed by atoms with E-state index in [4.69, 9.17) is 23.6 Å². The third-order valence-electron chi connectivity index (χ3n) is 6.50. The molecule has 2 aromatic carbocycles. The minimum absolute atomic E-state index is 0.467. The molecular weight excluding hydrogens is 390 g/mol. The van der Waals surface area contributed by atoms with Crippen molar-refractivity contribution in [2.24, 2.45) is 5.92 Å². The predicted octanol–water partition coefficient (Wildman–Crippen LogP) is 5.21. The molecule has 132 valence electrons. The van der Waals surface area contributed by atoms with Crippen LogP contribution < -0.4 is 10.6 Å². The summed E-state index contributed by atoms with van der Waals surface area (Å²) < 4.78 is 0. The van der Waals surface area contributed by atoms with Gasteiger partial charge in [0.25, 0.3) is 0 Å². The molecule has 1 fully saturated rings. The monoisotopic (exact) mass is 412 g/mol.